The lowest BCUT2D eigenvalue weighted by molar-refractivity contribution is -0.172. The third kappa shape index (κ3) is 4.09. The molecule has 0 radical (unpaired) electrons. The first-order valence-electron chi connectivity index (χ1n) is 6.87. The Balaban J connectivity index is 3.11. The second kappa shape index (κ2) is 7.76. The molecule has 124 valence electrons. The minimum atomic E-state index is -3.83. The molecule has 7 heteroatoms. The van der Waals surface area contributed by atoms with E-state index in [0.29, 0.717) is 5.75 Å². The van der Waals surface area contributed by atoms with Crippen molar-refractivity contribution in [2.75, 3.05) is 13.7 Å². The van der Waals surface area contributed by atoms with Crippen LogP contribution in [0, 0.1) is 0 Å². The van der Waals surface area contributed by atoms with Crippen LogP contribution in [0.2, 0.25) is 0 Å². The van der Waals surface area contributed by atoms with Crippen molar-refractivity contribution >= 4 is 17.7 Å². The highest BCUT2D eigenvalue weighted by Gasteiger charge is 2.62. The molecule has 0 saturated carbocycles. The molecule has 0 bridgehead atoms. The molecule has 0 aromatic heterocycles. The number of hydrogen-bond acceptors (Lipinski definition) is 4. The first-order chi connectivity index (χ1) is 10.3. The number of benzene rings is 1. The smallest absolute Gasteiger partial charge is 0.361 e. The Morgan fingerprint density at radius 3 is 2.23 bits per heavy atom. The lowest BCUT2D eigenvalue weighted by Crippen LogP contribution is -2.49. The van der Waals surface area contributed by atoms with Gasteiger partial charge in [-0.2, -0.15) is 0 Å². The van der Waals surface area contributed by atoms with E-state index in [1.54, 1.807) is 0 Å². The molecule has 1 atom stereocenters. The summed E-state index contributed by atoms with van der Waals surface area (Å²) in [6.45, 7) is 2.77. The van der Waals surface area contributed by atoms with Gasteiger partial charge in [-0.05, 0) is 31.2 Å². The van der Waals surface area contributed by atoms with Crippen molar-refractivity contribution in [2.24, 2.45) is 0 Å². The van der Waals surface area contributed by atoms with E-state index in [-0.39, 0.29) is 29.7 Å². The third-order valence-corrected chi connectivity index (χ3v) is 4.14. The molecule has 1 aromatic rings. The van der Waals surface area contributed by atoms with Gasteiger partial charge < -0.3 is 9.47 Å². The van der Waals surface area contributed by atoms with E-state index in [2.05, 4.69) is 4.74 Å². The summed E-state index contributed by atoms with van der Waals surface area (Å²) in [4.78, 5) is 12.0. The van der Waals surface area contributed by atoms with Crippen LogP contribution in [0.5, 0.6) is 5.75 Å². The van der Waals surface area contributed by atoms with Gasteiger partial charge in [-0.25, -0.2) is 18.0 Å². The summed E-state index contributed by atoms with van der Waals surface area (Å²) in [7, 11) is 1.45. The molecule has 0 N–H and O–H groups in total. The topological polar surface area (TPSA) is 35.5 Å². The molecule has 0 amide bonds. The first-order valence-corrected chi connectivity index (χ1v) is 7.69. The van der Waals surface area contributed by atoms with Crippen LogP contribution in [0.3, 0.4) is 0 Å². The zero-order valence-electron chi connectivity index (χ0n) is 12.7. The number of alkyl halides is 3. The number of methoxy groups -OCH3 is 1. The number of thioether (sulfide) groups is 1. The number of hydrogen-bond donors (Lipinski definition) is 0. The van der Waals surface area contributed by atoms with Gasteiger partial charge in [0.1, 0.15) is 5.75 Å². The summed E-state index contributed by atoms with van der Waals surface area (Å²) >= 11 is 0.158. The molecular formula is C15H19F3O3S. The average molecular weight is 336 g/mol. The zero-order valence-corrected chi connectivity index (χ0v) is 13.5. The average Bonchev–Trinajstić information content (AvgIpc) is 2.48. The Hall–Kier alpha value is -1.37. The second-order valence-electron chi connectivity index (χ2n) is 4.55. The molecule has 0 aliphatic rings. The van der Waals surface area contributed by atoms with Crippen LogP contribution in [0.4, 0.5) is 13.2 Å². The Morgan fingerprint density at radius 2 is 1.77 bits per heavy atom. The highest BCUT2D eigenvalue weighted by Crippen LogP contribution is 2.48. The highest BCUT2D eigenvalue weighted by molar-refractivity contribution is 8.01. The first kappa shape index (κ1) is 18.7. The fourth-order valence-electron chi connectivity index (χ4n) is 1.77. The van der Waals surface area contributed by atoms with Crippen molar-refractivity contribution in [3.63, 3.8) is 0 Å². The lowest BCUT2D eigenvalue weighted by atomic mass is 10.1. The van der Waals surface area contributed by atoms with Crippen LogP contribution in [0.25, 0.3) is 0 Å². The summed E-state index contributed by atoms with van der Waals surface area (Å²) in [6.07, 6.45) is -0.702. The van der Waals surface area contributed by atoms with Gasteiger partial charge in [0, 0.05) is 11.3 Å². The molecule has 0 spiro atoms. The summed E-state index contributed by atoms with van der Waals surface area (Å²) in [5, 5.41) is -3.46. The summed E-state index contributed by atoms with van der Waals surface area (Å²) in [5.74, 6) is -4.89. The van der Waals surface area contributed by atoms with E-state index in [1.165, 1.54) is 45.2 Å². The fourth-order valence-corrected chi connectivity index (χ4v) is 2.76. The quantitative estimate of drug-likeness (QED) is 0.519. The third-order valence-electron chi connectivity index (χ3n) is 2.89. The maximum absolute atomic E-state index is 14.9. The molecule has 0 saturated heterocycles. The minimum Gasteiger partial charge on any atom is -0.497 e. The van der Waals surface area contributed by atoms with Gasteiger partial charge in [0.15, 0.2) is 0 Å². The molecule has 22 heavy (non-hydrogen) atoms. The van der Waals surface area contributed by atoms with Crippen LogP contribution in [-0.4, -0.2) is 30.6 Å². The predicted octanol–water partition coefficient (Wildman–Crippen LogP) is 4.45. The van der Waals surface area contributed by atoms with Crippen molar-refractivity contribution in [2.45, 2.75) is 42.5 Å². The van der Waals surface area contributed by atoms with Gasteiger partial charge in [0.05, 0.1) is 13.7 Å². The Labute approximate surface area is 132 Å². The molecular weight excluding hydrogens is 317 g/mol. The second-order valence-corrected chi connectivity index (χ2v) is 5.79. The van der Waals surface area contributed by atoms with Gasteiger partial charge >= 0.3 is 16.9 Å². The van der Waals surface area contributed by atoms with E-state index < -0.39 is 23.3 Å². The van der Waals surface area contributed by atoms with Crippen LogP contribution >= 0.6 is 11.8 Å². The van der Waals surface area contributed by atoms with Gasteiger partial charge in [0.2, 0.25) is 0 Å². The normalized spacial score (nSPS) is 14.3. The molecule has 1 rings (SSSR count). The SMILES string of the molecule is CCCC(F)(F)C(F)(Sc1ccc(OC)cc1)C(=O)OCC. The predicted molar refractivity (Wildman–Crippen MR) is 79.2 cm³/mol. The Morgan fingerprint density at radius 1 is 1.18 bits per heavy atom. The van der Waals surface area contributed by atoms with Gasteiger partial charge in [-0.3, -0.25) is 0 Å². The number of esters is 1. The lowest BCUT2D eigenvalue weighted by Gasteiger charge is -2.30. The number of ether oxygens (including phenoxy) is 2. The van der Waals surface area contributed by atoms with Crippen molar-refractivity contribution in [3.05, 3.63) is 24.3 Å². The Kier molecular flexibility index (Phi) is 6.59. The molecule has 3 nitrogen and oxygen atoms in total. The largest absolute Gasteiger partial charge is 0.497 e. The van der Waals surface area contributed by atoms with Crippen molar-refractivity contribution in [1.82, 2.24) is 0 Å². The highest BCUT2D eigenvalue weighted by atomic mass is 32.2. The van der Waals surface area contributed by atoms with E-state index in [9.17, 15) is 18.0 Å². The summed E-state index contributed by atoms with van der Waals surface area (Å²) < 4.78 is 52.7. The molecule has 0 fully saturated rings. The minimum absolute atomic E-state index is 0.0429. The van der Waals surface area contributed by atoms with Crippen molar-refractivity contribution in [3.8, 4) is 5.75 Å². The van der Waals surface area contributed by atoms with E-state index in [4.69, 9.17) is 4.74 Å². The maximum Gasteiger partial charge on any atom is 0.361 e. The molecule has 1 unspecified atom stereocenters. The number of halogens is 3. The van der Waals surface area contributed by atoms with Gasteiger partial charge in [-0.1, -0.05) is 25.1 Å². The maximum atomic E-state index is 14.9. The molecule has 0 aliphatic carbocycles. The molecule has 0 aliphatic heterocycles. The molecule has 1 aromatic carbocycles. The standard InChI is InChI=1S/C15H19F3O3S/c1-4-10-14(16,17)15(18,13(19)21-5-2)22-12-8-6-11(20-3)7-9-12/h6-9H,4-5,10H2,1-3H3. The Bertz CT molecular complexity index is 493. The fraction of sp³-hybridized carbons (Fsp3) is 0.533. The summed E-state index contributed by atoms with van der Waals surface area (Å²) in [5.41, 5.74) is 0. The van der Waals surface area contributed by atoms with Crippen molar-refractivity contribution in [1.29, 1.82) is 0 Å². The van der Waals surface area contributed by atoms with E-state index in [0.717, 1.165) is 0 Å². The zero-order chi connectivity index (χ0) is 16.8. The van der Waals surface area contributed by atoms with Crippen molar-refractivity contribution < 1.29 is 27.4 Å². The van der Waals surface area contributed by atoms with E-state index in [1.807, 2.05) is 0 Å². The summed E-state index contributed by atoms with van der Waals surface area (Å²) in [6, 6.07) is 5.84. The number of rotatable bonds is 8. The van der Waals surface area contributed by atoms with Gasteiger partial charge in [-0.15, -0.1) is 0 Å². The number of carbonyl (C=O) groups excluding carboxylic acids is 1. The van der Waals surface area contributed by atoms with Crippen LogP contribution in [-0.2, 0) is 9.53 Å². The van der Waals surface area contributed by atoms with E-state index >= 15 is 0 Å². The van der Waals surface area contributed by atoms with Gasteiger partial charge in [0.25, 0.3) is 0 Å². The number of carbonyl (C=O) groups is 1. The molecule has 0 heterocycles. The monoisotopic (exact) mass is 336 g/mol. The van der Waals surface area contributed by atoms with Crippen LogP contribution < -0.4 is 4.74 Å². The van der Waals surface area contributed by atoms with Crippen LogP contribution in [0.1, 0.15) is 26.7 Å². The van der Waals surface area contributed by atoms with Crippen LogP contribution in [0.15, 0.2) is 29.2 Å².